The molecule has 0 spiro atoms. The number of hydrogen-bond acceptors (Lipinski definition) is 21. The number of phenols is 2. The van der Waals surface area contributed by atoms with Crippen LogP contribution < -0.4 is 36.0 Å². The zero-order chi connectivity index (χ0) is 61.6. The van der Waals surface area contributed by atoms with Gasteiger partial charge in [0.25, 0.3) is 0 Å². The normalized spacial score (nSPS) is 16.4. The van der Waals surface area contributed by atoms with Crippen LogP contribution in [0.1, 0.15) is 56.4 Å². The number of aliphatic hydroxyl groups excluding tert-OH is 2. The van der Waals surface area contributed by atoms with Gasteiger partial charge in [0.15, 0.2) is 17.3 Å². The fraction of sp³-hybridized carbons (Fsp3) is 0.212. The van der Waals surface area contributed by atoms with Crippen LogP contribution in [0, 0.1) is 32.6 Å². The number of hydrogen-bond donors (Lipinski definition) is 7. The summed E-state index contributed by atoms with van der Waals surface area (Å²) in [5.74, 6) is 2.95. The van der Waals surface area contributed by atoms with Crippen LogP contribution in [-0.4, -0.2) is 102 Å². The molecule has 0 saturated heterocycles. The molecule has 5 aromatic rings. The number of ketones is 2. The number of anilines is 1. The van der Waals surface area contributed by atoms with Gasteiger partial charge >= 0.3 is 16.2 Å². The molecule has 27 nitrogen and oxygen atoms in total. The van der Waals surface area contributed by atoms with E-state index in [-0.39, 0.29) is 93.6 Å². The number of aliphatic hydroxyl groups is 2. The predicted molar refractivity (Wildman–Crippen MR) is 312 cm³/mol. The summed E-state index contributed by atoms with van der Waals surface area (Å²) in [4.78, 5) is 51.2. The first-order chi connectivity index (χ1) is 39.3. The van der Waals surface area contributed by atoms with Crippen molar-refractivity contribution in [3.05, 3.63) is 173 Å². The molecule has 1 radical (unpaired) electrons. The van der Waals surface area contributed by atoms with Crippen molar-refractivity contribution in [2.75, 3.05) is 25.0 Å². The molecule has 0 fully saturated rings. The molecule has 453 valence electrons. The Balaban J connectivity index is 0.000000396. The second kappa shape index (κ2) is 33.3. The van der Waals surface area contributed by atoms with E-state index in [1.807, 2.05) is 25.5 Å². The van der Waals surface area contributed by atoms with Gasteiger partial charge in [0.1, 0.15) is 59.9 Å². The molecule has 2 aromatic heterocycles. The van der Waals surface area contributed by atoms with Crippen LogP contribution in [0.3, 0.4) is 0 Å². The summed E-state index contributed by atoms with van der Waals surface area (Å²) in [6, 6.07) is 14.5. The number of allylic oxidation sites excluding steroid dienone is 7. The molecule has 3 aliphatic rings. The molecular weight excluding hydrogens is 1200 g/mol. The van der Waals surface area contributed by atoms with Gasteiger partial charge in [-0.05, 0) is 112 Å². The number of aromatic hydroxyl groups is 2. The van der Waals surface area contributed by atoms with E-state index < -0.39 is 27.0 Å². The van der Waals surface area contributed by atoms with E-state index in [2.05, 4.69) is 113 Å². The summed E-state index contributed by atoms with van der Waals surface area (Å²) >= 11 is 1.51. The SMILES string of the molecule is CCN(CC)c1ccc(/C=C/C2=[N+](C)c3ccc(C(F)(F)F)cc3C2(C)CC)c(C)c1.N/C=N\N.N=CN=Nc1ccc(O)cc1O.O.O=C1C=CC(=NN=c2[n-]cc([N+](=O)[O-])s2)C(O)=C1.O=C1C=CC(=NN=c2[n-]cc([N+](=O)[O-])s2)C(O)=C1.[Co]. The molecule has 1 aliphatic heterocycles. The number of thiazole rings is 2. The maximum absolute atomic E-state index is 13.3. The van der Waals surface area contributed by atoms with E-state index in [0.29, 0.717) is 6.42 Å². The first kappa shape index (κ1) is 71.3. The van der Waals surface area contributed by atoms with Crippen molar-refractivity contribution in [1.82, 2.24) is 9.97 Å². The minimum Gasteiger partial charge on any atom is -0.508 e. The Bertz CT molecular complexity index is 3580. The van der Waals surface area contributed by atoms with Crippen molar-refractivity contribution >= 4 is 97.2 Å². The maximum Gasteiger partial charge on any atom is 0.416 e. The minimum absolute atomic E-state index is 0. The van der Waals surface area contributed by atoms with Gasteiger partial charge in [-0.25, -0.2) is 0 Å². The monoisotopic (exact) mass is 1260 g/mol. The number of hydrazone groups is 1. The van der Waals surface area contributed by atoms with Crippen LogP contribution in [0.15, 0.2) is 157 Å². The standard InChI is InChI=1S/C26H32F3N2.2C9H6N4O4S.C7H7N3O2.CH5N3.Co.H2O/c1-7-25(5)22-17-20(26(27,28)29)12-14-23(22)30(6)24(25)15-11-19-10-13-21(16-18(19)4)31(8-2)9-3;2*14-5-1-2-6(7(15)3-5)11-12-9-10-4-8(18-9)13(16)17;8-4-9-10-6-2-1-5(11)3-7(6)12;2-1-4-3;;/h10-17H,7-9H2,1-6H3;2*1-4H,(H2,10,12,14,15);1-4,8,11-12H;1H,3H2,(H2,2,4);;1H2/q+1;;;;;;/p-2. The number of nitrogens with two attached hydrogens (primary N) is 2. The molecule has 1 unspecified atom stereocenters. The third-order valence-electron chi connectivity index (χ3n) is 11.7. The number of carbonyl (C=O) groups excluding carboxylic acids is 2. The van der Waals surface area contributed by atoms with Crippen molar-refractivity contribution in [3.63, 3.8) is 0 Å². The zero-order valence-electron chi connectivity index (χ0n) is 45.7. The van der Waals surface area contributed by atoms with E-state index in [4.69, 9.17) is 15.6 Å². The first-order valence-electron chi connectivity index (χ1n) is 24.1. The Hall–Kier alpha value is -9.83. The van der Waals surface area contributed by atoms with Crippen molar-refractivity contribution in [1.29, 1.82) is 5.41 Å². The third kappa shape index (κ3) is 20.2. The quantitative estimate of drug-likeness (QED) is 0.00920. The van der Waals surface area contributed by atoms with Crippen LogP contribution in [0.4, 0.5) is 40.2 Å². The summed E-state index contributed by atoms with van der Waals surface area (Å²) in [6.45, 7) is 12.4. The Kier molecular flexibility index (Phi) is 27.9. The first-order valence-corrected chi connectivity index (χ1v) is 25.7. The van der Waals surface area contributed by atoms with Crippen LogP contribution >= 0.6 is 22.7 Å². The number of nitrogens with zero attached hydrogens (tertiary/aromatic N) is 13. The molecule has 3 aromatic carbocycles. The largest absolute Gasteiger partial charge is 0.508 e. The number of alkyl halides is 3. The Morgan fingerprint density at radius 2 is 1.34 bits per heavy atom. The van der Waals surface area contributed by atoms with Gasteiger partial charge in [-0.3, -0.25) is 45.4 Å². The minimum atomic E-state index is -4.34. The van der Waals surface area contributed by atoms with Gasteiger partial charge < -0.3 is 62.5 Å². The summed E-state index contributed by atoms with van der Waals surface area (Å²) in [6.07, 6.45) is 11.5. The Morgan fingerprint density at radius 3 is 1.75 bits per heavy atom. The van der Waals surface area contributed by atoms with E-state index in [9.17, 15) is 53.2 Å². The van der Waals surface area contributed by atoms with Crippen molar-refractivity contribution in [3.8, 4) is 11.5 Å². The Labute approximate surface area is 499 Å². The van der Waals surface area contributed by atoms with Crippen LogP contribution in [0.5, 0.6) is 11.5 Å². The van der Waals surface area contributed by atoms with Gasteiger partial charge in [0.2, 0.25) is 5.69 Å². The zero-order valence-corrected chi connectivity index (χ0v) is 48.4. The average molecular weight is 1260 g/mol. The third-order valence-corrected chi connectivity index (χ3v) is 13.4. The molecular formula is C52H56CoF3N16O11S2-. The fourth-order valence-corrected chi connectivity index (χ4v) is 8.49. The molecule has 0 amide bonds. The molecule has 8 rings (SSSR count). The fourth-order valence-electron chi connectivity index (χ4n) is 7.38. The smallest absolute Gasteiger partial charge is 0.416 e. The van der Waals surface area contributed by atoms with Gasteiger partial charge in [0, 0.05) is 93.5 Å². The molecule has 0 bridgehead atoms. The van der Waals surface area contributed by atoms with Crippen molar-refractivity contribution in [2.45, 2.75) is 52.6 Å². The number of nitrogens with one attached hydrogen (secondary N) is 1. The molecule has 0 saturated carbocycles. The number of fused-ring (bicyclic) bond motifs is 1. The van der Waals surface area contributed by atoms with E-state index in [1.165, 1.54) is 59.8 Å². The summed E-state index contributed by atoms with van der Waals surface area (Å²) < 4.78 is 42.0. The van der Waals surface area contributed by atoms with Gasteiger partial charge in [0.05, 0.1) is 20.8 Å². The molecule has 3 heterocycles. The number of phenolic OH excluding ortho intramolecular Hbond substituents is 2. The Morgan fingerprint density at radius 1 is 0.812 bits per heavy atom. The topological polar surface area (TPSA) is 430 Å². The molecule has 2 aliphatic carbocycles. The second-order valence-corrected chi connectivity index (χ2v) is 18.9. The number of carbonyl (C=O) groups is 2. The predicted octanol–water partition coefficient (Wildman–Crippen LogP) is 7.68. The van der Waals surface area contributed by atoms with Gasteiger partial charge in [-0.1, -0.05) is 35.7 Å². The van der Waals surface area contributed by atoms with Crippen LogP contribution in [0.2, 0.25) is 0 Å². The van der Waals surface area contributed by atoms with E-state index in [0.717, 1.165) is 102 Å². The summed E-state index contributed by atoms with van der Waals surface area (Å²) in [7, 11) is 1.93. The number of halogens is 3. The number of aryl methyl sites for hydroxylation is 1. The molecule has 33 heteroatoms. The van der Waals surface area contributed by atoms with Crippen LogP contribution in [-0.2, 0) is 38.0 Å². The second-order valence-electron chi connectivity index (χ2n) is 16.9. The summed E-state index contributed by atoms with van der Waals surface area (Å²) in [5, 5.41) is 88.1. The number of azo groups is 1. The van der Waals surface area contributed by atoms with E-state index in [1.54, 1.807) is 6.07 Å². The summed E-state index contributed by atoms with van der Waals surface area (Å²) in [5.41, 5.74) is 10.0. The maximum atomic E-state index is 13.3. The number of nitro groups is 2. The molecule has 85 heavy (non-hydrogen) atoms. The number of aromatic nitrogens is 2. The van der Waals surface area contributed by atoms with Gasteiger partial charge in [-0.2, -0.15) is 22.8 Å². The average Bonchev–Trinajstić information content (AvgIpc) is 1.67. The number of rotatable bonds is 12. The van der Waals surface area contributed by atoms with E-state index >= 15 is 0 Å². The van der Waals surface area contributed by atoms with Crippen molar-refractivity contribution < 1.29 is 79.9 Å². The number of benzene rings is 3. The van der Waals surface area contributed by atoms with Crippen LogP contribution in [0.25, 0.3) is 6.08 Å². The van der Waals surface area contributed by atoms with Crippen molar-refractivity contribution in [2.24, 2.45) is 47.3 Å². The van der Waals surface area contributed by atoms with Gasteiger partial charge in [-0.15, -0.1) is 10.2 Å². The molecule has 11 N–H and O–H groups in total. The molecule has 1 atom stereocenters.